The molecule has 2 heterocycles. The normalized spacial score (nSPS) is 13.7. The first kappa shape index (κ1) is 23.7. The number of nitrogens with one attached hydrogen (secondary N) is 1. The Morgan fingerprint density at radius 3 is 2.65 bits per heavy atom. The standard InChI is InChI=1S/C27H34N6O/c1-4-28-27-29-19-24-25(30-27)32(3)16-17-33(26(24)34)23-14-8-12-21(18-23)13-9-15-31(2)20-22-10-6-5-7-11-22/h5-8,10-12,14,18-19H,4,9,13,15-17,20H2,1-3H3,(H,28,29,30). The largest absolute Gasteiger partial charge is 0.357 e. The summed E-state index contributed by atoms with van der Waals surface area (Å²) in [6, 6.07) is 18.9. The molecule has 0 saturated carbocycles. The Hall–Kier alpha value is -3.45. The first-order valence-electron chi connectivity index (χ1n) is 12.0. The second-order valence-corrected chi connectivity index (χ2v) is 8.84. The highest BCUT2D eigenvalue weighted by atomic mass is 16.2. The molecule has 7 nitrogen and oxygen atoms in total. The van der Waals surface area contributed by atoms with E-state index in [1.54, 1.807) is 6.20 Å². The lowest BCUT2D eigenvalue weighted by atomic mass is 10.1. The number of rotatable bonds is 9. The van der Waals surface area contributed by atoms with Crippen molar-refractivity contribution in [1.82, 2.24) is 14.9 Å². The van der Waals surface area contributed by atoms with Crippen LogP contribution < -0.4 is 15.1 Å². The number of hydrogen-bond donors (Lipinski definition) is 1. The van der Waals surface area contributed by atoms with Crippen molar-refractivity contribution in [1.29, 1.82) is 0 Å². The minimum atomic E-state index is -0.0536. The van der Waals surface area contributed by atoms with E-state index >= 15 is 0 Å². The van der Waals surface area contributed by atoms with Crippen LogP contribution in [0.1, 0.15) is 34.8 Å². The Morgan fingerprint density at radius 1 is 1.06 bits per heavy atom. The zero-order valence-corrected chi connectivity index (χ0v) is 20.4. The molecule has 0 aliphatic carbocycles. The Kier molecular flexibility index (Phi) is 7.75. The lowest BCUT2D eigenvalue weighted by molar-refractivity contribution is 0.0989. The maximum absolute atomic E-state index is 13.4. The number of anilines is 3. The van der Waals surface area contributed by atoms with Crippen LogP contribution in [0.15, 0.2) is 60.8 Å². The first-order chi connectivity index (χ1) is 16.5. The molecule has 2 aromatic carbocycles. The van der Waals surface area contributed by atoms with E-state index < -0.39 is 0 Å². The van der Waals surface area contributed by atoms with Gasteiger partial charge in [0.25, 0.3) is 5.91 Å². The van der Waals surface area contributed by atoms with Crippen molar-refractivity contribution >= 4 is 23.4 Å². The minimum absolute atomic E-state index is 0.0536. The van der Waals surface area contributed by atoms with Crippen LogP contribution in [0.25, 0.3) is 0 Å². The van der Waals surface area contributed by atoms with E-state index in [4.69, 9.17) is 0 Å². The third kappa shape index (κ3) is 5.72. The summed E-state index contributed by atoms with van der Waals surface area (Å²) in [6.07, 6.45) is 3.68. The van der Waals surface area contributed by atoms with E-state index in [9.17, 15) is 4.79 Å². The number of fused-ring (bicyclic) bond motifs is 1. The number of aromatic nitrogens is 2. The van der Waals surface area contributed by atoms with E-state index in [2.05, 4.69) is 69.7 Å². The van der Waals surface area contributed by atoms with E-state index in [1.807, 2.05) is 35.9 Å². The summed E-state index contributed by atoms with van der Waals surface area (Å²) in [4.78, 5) is 28.6. The summed E-state index contributed by atoms with van der Waals surface area (Å²) in [5.41, 5.74) is 4.04. The van der Waals surface area contributed by atoms with Crippen molar-refractivity contribution in [2.45, 2.75) is 26.3 Å². The molecular formula is C27H34N6O. The number of benzene rings is 2. The molecule has 0 fully saturated rings. The number of carbonyl (C=O) groups is 1. The van der Waals surface area contributed by atoms with Crippen molar-refractivity contribution in [2.24, 2.45) is 0 Å². The van der Waals surface area contributed by atoms with Gasteiger partial charge in [-0.3, -0.25) is 4.79 Å². The molecule has 4 rings (SSSR count). The lowest BCUT2D eigenvalue weighted by Gasteiger charge is -2.22. The van der Waals surface area contributed by atoms with Gasteiger partial charge in [0.15, 0.2) is 0 Å². The Balaban J connectivity index is 1.42. The van der Waals surface area contributed by atoms with Gasteiger partial charge in [-0.1, -0.05) is 42.5 Å². The van der Waals surface area contributed by atoms with Crippen LogP contribution in [0.4, 0.5) is 17.5 Å². The van der Waals surface area contributed by atoms with Gasteiger partial charge >= 0.3 is 0 Å². The van der Waals surface area contributed by atoms with Gasteiger partial charge in [0.2, 0.25) is 5.95 Å². The third-order valence-corrected chi connectivity index (χ3v) is 6.12. The molecule has 1 N–H and O–H groups in total. The first-order valence-corrected chi connectivity index (χ1v) is 12.0. The third-order valence-electron chi connectivity index (χ3n) is 6.12. The zero-order valence-electron chi connectivity index (χ0n) is 20.4. The summed E-state index contributed by atoms with van der Waals surface area (Å²) in [5.74, 6) is 1.17. The minimum Gasteiger partial charge on any atom is -0.357 e. The summed E-state index contributed by atoms with van der Waals surface area (Å²) >= 11 is 0. The Labute approximate surface area is 202 Å². The van der Waals surface area contributed by atoms with E-state index in [1.165, 1.54) is 11.1 Å². The van der Waals surface area contributed by atoms with Gasteiger partial charge in [-0.25, -0.2) is 4.98 Å². The molecule has 34 heavy (non-hydrogen) atoms. The van der Waals surface area contributed by atoms with Crippen LogP contribution in [-0.4, -0.2) is 61.0 Å². The predicted molar refractivity (Wildman–Crippen MR) is 139 cm³/mol. The molecule has 0 atom stereocenters. The molecule has 0 radical (unpaired) electrons. The number of likely N-dealkylation sites (N-methyl/N-ethyl adjacent to an activating group) is 1. The SMILES string of the molecule is CCNc1ncc2c(n1)N(C)CCN(c1cccc(CCCN(C)Cc3ccccc3)c1)C2=O. The molecule has 178 valence electrons. The molecule has 0 saturated heterocycles. The summed E-state index contributed by atoms with van der Waals surface area (Å²) in [6.45, 7) is 6.01. The molecule has 3 aromatic rings. The molecule has 1 aliphatic rings. The van der Waals surface area contributed by atoms with Gasteiger partial charge in [0, 0.05) is 45.1 Å². The van der Waals surface area contributed by atoms with Crippen molar-refractivity contribution in [3.8, 4) is 0 Å². The fourth-order valence-electron chi connectivity index (χ4n) is 4.31. The molecule has 1 aliphatic heterocycles. The fourth-order valence-corrected chi connectivity index (χ4v) is 4.31. The molecule has 1 aromatic heterocycles. The number of amides is 1. The number of hydrogen-bond acceptors (Lipinski definition) is 6. The molecule has 1 amide bonds. The van der Waals surface area contributed by atoms with Gasteiger partial charge in [-0.15, -0.1) is 0 Å². The number of nitrogens with zero attached hydrogens (tertiary/aromatic N) is 5. The second-order valence-electron chi connectivity index (χ2n) is 8.84. The summed E-state index contributed by atoms with van der Waals surface area (Å²) in [5, 5.41) is 3.13. The van der Waals surface area contributed by atoms with Crippen LogP contribution in [0.5, 0.6) is 0 Å². The summed E-state index contributed by atoms with van der Waals surface area (Å²) in [7, 11) is 4.14. The van der Waals surface area contributed by atoms with Gasteiger partial charge < -0.3 is 20.0 Å². The van der Waals surface area contributed by atoms with Crippen molar-refractivity contribution in [3.63, 3.8) is 0 Å². The quantitative estimate of drug-likeness (QED) is 0.522. The highest BCUT2D eigenvalue weighted by molar-refractivity contribution is 6.09. The van der Waals surface area contributed by atoms with Crippen LogP contribution in [-0.2, 0) is 13.0 Å². The Bertz CT molecular complexity index is 1100. The second kappa shape index (κ2) is 11.1. The van der Waals surface area contributed by atoms with Crippen LogP contribution in [0.3, 0.4) is 0 Å². The van der Waals surface area contributed by atoms with Crippen molar-refractivity contribution in [2.75, 3.05) is 55.4 Å². The highest BCUT2D eigenvalue weighted by Gasteiger charge is 2.28. The average Bonchev–Trinajstić information content (AvgIpc) is 2.96. The number of aryl methyl sites for hydroxylation is 1. The van der Waals surface area contributed by atoms with E-state index in [-0.39, 0.29) is 5.91 Å². The monoisotopic (exact) mass is 458 g/mol. The molecule has 0 spiro atoms. The smallest absolute Gasteiger partial charge is 0.263 e. The zero-order chi connectivity index (χ0) is 23.9. The summed E-state index contributed by atoms with van der Waals surface area (Å²) < 4.78 is 0. The maximum atomic E-state index is 13.4. The molecule has 0 unspecified atom stereocenters. The van der Waals surface area contributed by atoms with Gasteiger partial charge in [-0.05, 0) is 56.6 Å². The number of carbonyl (C=O) groups excluding carboxylic acids is 1. The van der Waals surface area contributed by atoms with Crippen LogP contribution in [0, 0.1) is 0 Å². The highest BCUT2D eigenvalue weighted by Crippen LogP contribution is 2.27. The lowest BCUT2D eigenvalue weighted by Crippen LogP contribution is -2.33. The molecule has 0 bridgehead atoms. The molecule has 7 heteroatoms. The van der Waals surface area contributed by atoms with Crippen molar-refractivity contribution in [3.05, 3.63) is 77.5 Å². The van der Waals surface area contributed by atoms with Gasteiger partial charge in [0.05, 0.1) is 0 Å². The maximum Gasteiger partial charge on any atom is 0.263 e. The van der Waals surface area contributed by atoms with Crippen molar-refractivity contribution < 1.29 is 4.79 Å². The van der Waals surface area contributed by atoms with E-state index in [0.717, 1.165) is 38.2 Å². The van der Waals surface area contributed by atoms with Crippen LogP contribution in [0.2, 0.25) is 0 Å². The Morgan fingerprint density at radius 2 is 1.85 bits per heavy atom. The van der Waals surface area contributed by atoms with Gasteiger partial charge in [0.1, 0.15) is 11.4 Å². The van der Waals surface area contributed by atoms with E-state index in [0.29, 0.717) is 30.4 Å². The predicted octanol–water partition coefficient (Wildman–Crippen LogP) is 4.07. The average molecular weight is 459 g/mol. The topological polar surface area (TPSA) is 64.6 Å². The van der Waals surface area contributed by atoms with Gasteiger partial charge in [-0.2, -0.15) is 4.98 Å². The molecular weight excluding hydrogens is 424 g/mol. The fraction of sp³-hybridized carbons (Fsp3) is 0.370. The van der Waals surface area contributed by atoms with Crippen LogP contribution >= 0.6 is 0 Å².